The Hall–Kier alpha value is -1.56. The molecule has 0 aromatic carbocycles. The Kier molecular flexibility index (Phi) is 3.40. The molecule has 3 heteroatoms. The summed E-state index contributed by atoms with van der Waals surface area (Å²) in [5.41, 5.74) is 0.692. The lowest BCUT2D eigenvalue weighted by molar-refractivity contribution is 0.521. The largest absolute Gasteiger partial charge is 0.356 e. The Bertz CT molecular complexity index is 394. The van der Waals surface area contributed by atoms with Crippen molar-refractivity contribution in [2.45, 2.75) is 26.2 Å². The SMILES string of the molecule is CC1CCCN(c2ncccc2C#N)CC1. The third-order valence-electron chi connectivity index (χ3n) is 3.22. The van der Waals surface area contributed by atoms with E-state index in [0.29, 0.717) is 5.56 Å². The van der Waals surface area contributed by atoms with Gasteiger partial charge >= 0.3 is 0 Å². The molecule has 84 valence electrons. The number of rotatable bonds is 1. The minimum absolute atomic E-state index is 0.692. The monoisotopic (exact) mass is 215 g/mol. The van der Waals surface area contributed by atoms with E-state index in [4.69, 9.17) is 5.26 Å². The van der Waals surface area contributed by atoms with Gasteiger partial charge in [-0.3, -0.25) is 0 Å². The lowest BCUT2D eigenvalue weighted by atomic mass is 10.0. The van der Waals surface area contributed by atoms with Crippen molar-refractivity contribution in [3.63, 3.8) is 0 Å². The van der Waals surface area contributed by atoms with Crippen LogP contribution in [-0.4, -0.2) is 18.1 Å². The molecule has 0 bridgehead atoms. The smallest absolute Gasteiger partial charge is 0.146 e. The zero-order valence-electron chi connectivity index (χ0n) is 9.69. The molecule has 1 atom stereocenters. The number of hydrogen-bond donors (Lipinski definition) is 0. The molecule has 0 aliphatic carbocycles. The summed E-state index contributed by atoms with van der Waals surface area (Å²) < 4.78 is 0. The van der Waals surface area contributed by atoms with Crippen LogP contribution >= 0.6 is 0 Å². The van der Waals surface area contributed by atoms with Gasteiger partial charge in [0.25, 0.3) is 0 Å². The van der Waals surface area contributed by atoms with Crippen LogP contribution in [0, 0.1) is 17.2 Å². The van der Waals surface area contributed by atoms with Crippen LogP contribution in [0.15, 0.2) is 18.3 Å². The second-order valence-electron chi connectivity index (χ2n) is 4.51. The highest BCUT2D eigenvalue weighted by atomic mass is 15.2. The Morgan fingerprint density at radius 3 is 3.12 bits per heavy atom. The molecule has 2 heterocycles. The zero-order valence-corrected chi connectivity index (χ0v) is 9.69. The molecule has 1 aromatic rings. The van der Waals surface area contributed by atoms with Crippen molar-refractivity contribution in [1.82, 2.24) is 4.98 Å². The van der Waals surface area contributed by atoms with Gasteiger partial charge in [-0.25, -0.2) is 4.98 Å². The Balaban J connectivity index is 2.20. The standard InChI is InChI=1S/C13H17N3/c1-11-4-3-8-16(9-6-11)13-12(10-14)5-2-7-15-13/h2,5,7,11H,3-4,6,8-9H2,1H3. The minimum atomic E-state index is 0.692. The van der Waals surface area contributed by atoms with Crippen LogP contribution in [0.1, 0.15) is 31.7 Å². The highest BCUT2D eigenvalue weighted by Gasteiger charge is 2.17. The minimum Gasteiger partial charge on any atom is -0.356 e. The molecule has 1 aliphatic rings. The maximum absolute atomic E-state index is 9.05. The van der Waals surface area contributed by atoms with Crippen molar-refractivity contribution in [2.75, 3.05) is 18.0 Å². The van der Waals surface area contributed by atoms with Gasteiger partial charge in [-0.2, -0.15) is 5.26 Å². The van der Waals surface area contributed by atoms with E-state index in [0.717, 1.165) is 24.8 Å². The van der Waals surface area contributed by atoms with Crippen LogP contribution in [0.4, 0.5) is 5.82 Å². The fourth-order valence-electron chi connectivity index (χ4n) is 2.21. The summed E-state index contributed by atoms with van der Waals surface area (Å²) in [5.74, 6) is 1.65. The van der Waals surface area contributed by atoms with Gasteiger partial charge in [-0.1, -0.05) is 6.92 Å². The summed E-state index contributed by atoms with van der Waals surface area (Å²) in [6.07, 6.45) is 5.44. The predicted molar refractivity (Wildman–Crippen MR) is 64.2 cm³/mol. The fraction of sp³-hybridized carbons (Fsp3) is 0.538. The number of nitrogens with zero attached hydrogens (tertiary/aromatic N) is 3. The molecule has 0 saturated carbocycles. The molecular formula is C13H17N3. The summed E-state index contributed by atoms with van der Waals surface area (Å²) in [6, 6.07) is 5.89. The first-order valence-electron chi connectivity index (χ1n) is 5.91. The van der Waals surface area contributed by atoms with Crippen molar-refractivity contribution >= 4 is 5.82 Å². The Morgan fingerprint density at radius 1 is 1.44 bits per heavy atom. The van der Waals surface area contributed by atoms with Crippen LogP contribution < -0.4 is 4.90 Å². The molecule has 0 amide bonds. The first kappa shape index (κ1) is 10.9. The average molecular weight is 215 g/mol. The number of hydrogen-bond acceptors (Lipinski definition) is 3. The molecule has 1 saturated heterocycles. The summed E-state index contributed by atoms with van der Waals surface area (Å²) in [4.78, 5) is 6.60. The van der Waals surface area contributed by atoms with Crippen molar-refractivity contribution < 1.29 is 0 Å². The van der Waals surface area contributed by atoms with Crippen LogP contribution in [0.2, 0.25) is 0 Å². The van der Waals surface area contributed by atoms with Gasteiger partial charge in [0, 0.05) is 19.3 Å². The second-order valence-corrected chi connectivity index (χ2v) is 4.51. The van der Waals surface area contributed by atoms with Crippen molar-refractivity contribution in [2.24, 2.45) is 5.92 Å². The maximum Gasteiger partial charge on any atom is 0.146 e. The predicted octanol–water partition coefficient (Wildman–Crippen LogP) is 2.58. The van der Waals surface area contributed by atoms with Crippen molar-refractivity contribution in [1.29, 1.82) is 5.26 Å². The van der Waals surface area contributed by atoms with Gasteiger partial charge in [-0.15, -0.1) is 0 Å². The summed E-state index contributed by atoms with van der Waals surface area (Å²) in [6.45, 7) is 4.34. The lowest BCUT2D eigenvalue weighted by Crippen LogP contribution is -2.26. The highest BCUT2D eigenvalue weighted by molar-refractivity contribution is 5.53. The first-order valence-corrected chi connectivity index (χ1v) is 5.91. The van der Waals surface area contributed by atoms with Crippen LogP contribution in [0.5, 0.6) is 0 Å². The fourth-order valence-corrected chi connectivity index (χ4v) is 2.21. The normalized spacial score (nSPS) is 21.2. The van der Waals surface area contributed by atoms with Crippen LogP contribution in [0.25, 0.3) is 0 Å². The molecule has 0 N–H and O–H groups in total. The Morgan fingerprint density at radius 2 is 2.31 bits per heavy atom. The zero-order chi connectivity index (χ0) is 11.4. The molecule has 1 unspecified atom stereocenters. The van der Waals surface area contributed by atoms with E-state index in [1.807, 2.05) is 12.1 Å². The van der Waals surface area contributed by atoms with Crippen LogP contribution in [0.3, 0.4) is 0 Å². The molecule has 1 aromatic heterocycles. The van der Waals surface area contributed by atoms with E-state index in [2.05, 4.69) is 22.9 Å². The van der Waals surface area contributed by atoms with Gasteiger partial charge in [0.15, 0.2) is 0 Å². The van der Waals surface area contributed by atoms with E-state index >= 15 is 0 Å². The van der Waals surface area contributed by atoms with Gasteiger partial charge in [-0.05, 0) is 37.3 Å². The van der Waals surface area contributed by atoms with Crippen LogP contribution in [-0.2, 0) is 0 Å². The average Bonchev–Trinajstić information content (AvgIpc) is 2.54. The van der Waals surface area contributed by atoms with E-state index < -0.39 is 0 Å². The lowest BCUT2D eigenvalue weighted by Gasteiger charge is -2.22. The Labute approximate surface area is 96.7 Å². The van der Waals surface area contributed by atoms with Gasteiger partial charge in [0.2, 0.25) is 0 Å². The van der Waals surface area contributed by atoms with Gasteiger partial charge in [0.1, 0.15) is 11.9 Å². The molecule has 1 fully saturated rings. The first-order chi connectivity index (χ1) is 7.81. The topological polar surface area (TPSA) is 39.9 Å². The third kappa shape index (κ3) is 2.33. The molecule has 16 heavy (non-hydrogen) atoms. The van der Waals surface area contributed by atoms with Gasteiger partial charge in [0.05, 0.1) is 5.56 Å². The van der Waals surface area contributed by atoms with Crippen molar-refractivity contribution in [3.05, 3.63) is 23.9 Å². The van der Waals surface area contributed by atoms with Crippen molar-refractivity contribution in [3.8, 4) is 6.07 Å². The number of pyridine rings is 1. The highest BCUT2D eigenvalue weighted by Crippen LogP contribution is 2.22. The molecular weight excluding hydrogens is 198 g/mol. The quantitative estimate of drug-likeness (QED) is 0.723. The second kappa shape index (κ2) is 4.98. The molecule has 0 spiro atoms. The summed E-state index contributed by atoms with van der Waals surface area (Å²) in [7, 11) is 0. The number of anilines is 1. The van der Waals surface area contributed by atoms with E-state index in [1.54, 1.807) is 6.20 Å². The summed E-state index contributed by atoms with van der Waals surface area (Å²) in [5, 5.41) is 9.05. The molecule has 1 aliphatic heterocycles. The van der Waals surface area contributed by atoms with E-state index in [-0.39, 0.29) is 0 Å². The third-order valence-corrected chi connectivity index (χ3v) is 3.22. The van der Waals surface area contributed by atoms with E-state index in [9.17, 15) is 0 Å². The maximum atomic E-state index is 9.05. The number of aromatic nitrogens is 1. The summed E-state index contributed by atoms with van der Waals surface area (Å²) >= 11 is 0. The number of nitriles is 1. The van der Waals surface area contributed by atoms with E-state index in [1.165, 1.54) is 19.3 Å². The molecule has 2 rings (SSSR count). The van der Waals surface area contributed by atoms with Gasteiger partial charge < -0.3 is 4.90 Å². The molecule has 3 nitrogen and oxygen atoms in total. The molecule has 0 radical (unpaired) electrons.